The normalized spacial score (nSPS) is 11.0. The molecule has 0 saturated carbocycles. The quantitative estimate of drug-likeness (QED) is 0.574. The molecule has 3 nitrogen and oxygen atoms in total. The third kappa shape index (κ3) is 3.78. The van der Waals surface area contributed by atoms with E-state index < -0.39 is 0 Å². The zero-order valence-corrected chi connectivity index (χ0v) is 16.9. The highest BCUT2D eigenvalue weighted by Crippen LogP contribution is 2.35. The predicted octanol–water partition coefficient (Wildman–Crippen LogP) is 4.91. The van der Waals surface area contributed by atoms with Crippen LogP contribution >= 0.6 is 34.4 Å². The molecule has 124 valence electrons. The zero-order valence-electron chi connectivity index (χ0n) is 13.9. The Bertz CT molecular complexity index is 909. The predicted molar refractivity (Wildman–Crippen MR) is 108 cm³/mol. The summed E-state index contributed by atoms with van der Waals surface area (Å²) in [6.07, 6.45) is 4.09. The number of nitrogens with zero attached hydrogens (tertiary/aromatic N) is 1. The Balaban J connectivity index is 2.09. The third-order valence-electron chi connectivity index (χ3n) is 3.85. The Kier molecular flexibility index (Phi) is 5.20. The first kappa shape index (κ1) is 17.4. The first-order valence-corrected chi connectivity index (χ1v) is 9.61. The number of pyridine rings is 1. The highest BCUT2D eigenvalue weighted by atomic mass is 127. The van der Waals surface area contributed by atoms with E-state index in [0.717, 1.165) is 20.7 Å². The van der Waals surface area contributed by atoms with Gasteiger partial charge in [0.1, 0.15) is 0 Å². The van der Waals surface area contributed by atoms with Gasteiger partial charge in [-0.3, -0.25) is 4.79 Å². The van der Waals surface area contributed by atoms with E-state index in [9.17, 15) is 4.79 Å². The summed E-state index contributed by atoms with van der Waals surface area (Å²) in [5.41, 5.74) is 4.55. The lowest BCUT2D eigenvalue weighted by Crippen LogP contribution is -2.16. The van der Waals surface area contributed by atoms with Crippen LogP contribution in [-0.2, 0) is 6.54 Å². The molecule has 0 saturated heterocycles. The summed E-state index contributed by atoms with van der Waals surface area (Å²) in [5, 5.41) is 0. The molecule has 2 heterocycles. The molecule has 0 amide bonds. The molecule has 0 atom stereocenters. The van der Waals surface area contributed by atoms with Crippen LogP contribution in [-0.4, -0.2) is 9.55 Å². The number of halogens is 1. The second-order valence-corrected chi connectivity index (χ2v) is 8.14. The number of benzene rings is 1. The fraction of sp³-hybridized carbons (Fsp3) is 0.211. The minimum Gasteiger partial charge on any atom is -0.350 e. The maximum absolute atomic E-state index is 12.3. The first-order valence-electron chi connectivity index (χ1n) is 7.72. The SMILES string of the molecule is Cc1cc(C)cc(Sc2c(Cn3cccc3)c(C)[nH]c(=O)c2I)c1. The van der Waals surface area contributed by atoms with Crippen LogP contribution in [0.2, 0.25) is 0 Å². The van der Waals surface area contributed by atoms with Crippen molar-refractivity contribution < 1.29 is 0 Å². The number of hydrogen-bond donors (Lipinski definition) is 1. The number of hydrogen-bond acceptors (Lipinski definition) is 2. The Morgan fingerprint density at radius 3 is 2.33 bits per heavy atom. The number of aryl methyl sites for hydroxylation is 3. The fourth-order valence-electron chi connectivity index (χ4n) is 2.77. The van der Waals surface area contributed by atoms with Gasteiger partial charge in [0.15, 0.2) is 0 Å². The standard InChI is InChI=1S/C19H19IN2OS/c1-12-8-13(2)10-15(9-12)24-18-16(11-22-6-4-5-7-22)14(3)21-19(23)17(18)20/h4-10H,11H2,1-3H3,(H,21,23). The van der Waals surface area contributed by atoms with Crippen molar-refractivity contribution >= 4 is 34.4 Å². The summed E-state index contributed by atoms with van der Waals surface area (Å²) in [6.45, 7) is 6.93. The van der Waals surface area contributed by atoms with Gasteiger partial charge < -0.3 is 9.55 Å². The van der Waals surface area contributed by atoms with Gasteiger partial charge in [0.2, 0.25) is 0 Å². The molecule has 0 unspecified atom stereocenters. The van der Waals surface area contributed by atoms with Crippen molar-refractivity contribution in [3.8, 4) is 0 Å². The number of aromatic nitrogens is 2. The molecule has 0 aliphatic carbocycles. The summed E-state index contributed by atoms with van der Waals surface area (Å²) >= 11 is 3.84. The molecule has 3 rings (SSSR count). The maximum Gasteiger partial charge on any atom is 0.262 e. The van der Waals surface area contributed by atoms with Crippen molar-refractivity contribution in [2.75, 3.05) is 0 Å². The highest BCUT2D eigenvalue weighted by Gasteiger charge is 2.16. The first-order chi connectivity index (χ1) is 11.4. The Hall–Kier alpha value is -1.47. The molecule has 3 aromatic rings. The third-order valence-corrected chi connectivity index (χ3v) is 6.37. The lowest BCUT2D eigenvalue weighted by Gasteiger charge is -2.15. The topological polar surface area (TPSA) is 37.8 Å². The Morgan fingerprint density at radius 2 is 1.71 bits per heavy atom. The molecular formula is C19H19IN2OS. The molecule has 0 radical (unpaired) electrons. The molecular weight excluding hydrogens is 431 g/mol. The lowest BCUT2D eigenvalue weighted by molar-refractivity contribution is 0.771. The smallest absolute Gasteiger partial charge is 0.262 e. The van der Waals surface area contributed by atoms with Crippen LogP contribution < -0.4 is 5.56 Å². The van der Waals surface area contributed by atoms with E-state index in [-0.39, 0.29) is 5.56 Å². The minimum atomic E-state index is -0.0174. The van der Waals surface area contributed by atoms with Crippen molar-refractivity contribution in [3.05, 3.63) is 79.0 Å². The molecule has 0 spiro atoms. The summed E-state index contributed by atoms with van der Waals surface area (Å²) in [7, 11) is 0. The summed E-state index contributed by atoms with van der Waals surface area (Å²) in [5.74, 6) is 0. The van der Waals surface area contributed by atoms with Gasteiger partial charge in [-0.15, -0.1) is 0 Å². The van der Waals surface area contributed by atoms with Gasteiger partial charge >= 0.3 is 0 Å². The van der Waals surface area contributed by atoms with Gasteiger partial charge in [-0.1, -0.05) is 17.8 Å². The molecule has 0 aliphatic rings. The van der Waals surface area contributed by atoms with E-state index >= 15 is 0 Å². The van der Waals surface area contributed by atoms with Crippen LogP contribution in [0.4, 0.5) is 0 Å². The molecule has 2 aromatic heterocycles. The number of nitrogens with one attached hydrogen (secondary N) is 1. The number of H-pyrrole nitrogens is 1. The molecule has 0 aliphatic heterocycles. The van der Waals surface area contributed by atoms with Crippen LogP contribution in [0.15, 0.2) is 57.3 Å². The average Bonchev–Trinajstić information content (AvgIpc) is 3.00. The number of aromatic amines is 1. The number of rotatable bonds is 4. The van der Waals surface area contributed by atoms with Crippen LogP contribution in [0.1, 0.15) is 22.4 Å². The molecule has 24 heavy (non-hydrogen) atoms. The monoisotopic (exact) mass is 450 g/mol. The van der Waals surface area contributed by atoms with Crippen LogP contribution in [0.25, 0.3) is 0 Å². The van der Waals surface area contributed by atoms with Gasteiger partial charge in [0.25, 0.3) is 5.56 Å². The fourth-order valence-corrected chi connectivity index (χ4v) is 4.81. The van der Waals surface area contributed by atoms with E-state index in [2.05, 4.69) is 64.2 Å². The van der Waals surface area contributed by atoms with E-state index in [4.69, 9.17) is 0 Å². The van der Waals surface area contributed by atoms with Crippen molar-refractivity contribution in [1.29, 1.82) is 0 Å². The van der Waals surface area contributed by atoms with Crippen LogP contribution in [0, 0.1) is 24.3 Å². The highest BCUT2D eigenvalue weighted by molar-refractivity contribution is 14.1. The van der Waals surface area contributed by atoms with Gasteiger partial charge in [-0.2, -0.15) is 0 Å². The second kappa shape index (κ2) is 7.19. The molecule has 0 bridgehead atoms. The van der Waals surface area contributed by atoms with E-state index in [1.54, 1.807) is 11.8 Å². The second-order valence-electron chi connectivity index (χ2n) is 5.98. The zero-order chi connectivity index (χ0) is 17.3. The minimum absolute atomic E-state index is 0.0174. The van der Waals surface area contributed by atoms with Gasteiger partial charge in [-0.25, -0.2) is 0 Å². The summed E-state index contributed by atoms with van der Waals surface area (Å²) in [6, 6.07) is 10.5. The Labute approximate surface area is 159 Å². The van der Waals surface area contributed by atoms with Crippen molar-refractivity contribution in [2.24, 2.45) is 0 Å². The van der Waals surface area contributed by atoms with E-state index in [1.807, 2.05) is 31.5 Å². The summed E-state index contributed by atoms with van der Waals surface area (Å²) in [4.78, 5) is 17.5. The molecule has 5 heteroatoms. The molecule has 0 fully saturated rings. The van der Waals surface area contributed by atoms with Gasteiger partial charge in [0.05, 0.1) is 3.57 Å². The van der Waals surface area contributed by atoms with Crippen molar-refractivity contribution in [3.63, 3.8) is 0 Å². The largest absolute Gasteiger partial charge is 0.350 e. The van der Waals surface area contributed by atoms with Crippen molar-refractivity contribution in [2.45, 2.75) is 37.1 Å². The Morgan fingerprint density at radius 1 is 1.08 bits per heavy atom. The lowest BCUT2D eigenvalue weighted by atomic mass is 10.2. The van der Waals surface area contributed by atoms with E-state index in [0.29, 0.717) is 0 Å². The molecule has 1 aromatic carbocycles. The maximum atomic E-state index is 12.3. The summed E-state index contributed by atoms with van der Waals surface area (Å²) < 4.78 is 2.88. The van der Waals surface area contributed by atoms with Gasteiger partial charge in [-0.05, 0) is 78.8 Å². The van der Waals surface area contributed by atoms with Crippen LogP contribution in [0.5, 0.6) is 0 Å². The van der Waals surface area contributed by atoms with Crippen molar-refractivity contribution in [1.82, 2.24) is 9.55 Å². The van der Waals surface area contributed by atoms with Crippen LogP contribution in [0.3, 0.4) is 0 Å². The van der Waals surface area contributed by atoms with Gasteiger partial charge in [0, 0.05) is 40.0 Å². The van der Waals surface area contributed by atoms with E-state index in [1.165, 1.54) is 21.6 Å². The average molecular weight is 450 g/mol. The molecule has 1 N–H and O–H groups in total.